The summed E-state index contributed by atoms with van der Waals surface area (Å²) in [6.07, 6.45) is 1.85. The molecule has 0 amide bonds. The molecule has 1 aliphatic heterocycles. The number of aromatic nitrogens is 2. The number of aryl methyl sites for hydroxylation is 2. The third-order valence-corrected chi connectivity index (χ3v) is 5.98. The van der Waals surface area contributed by atoms with E-state index in [2.05, 4.69) is 55.1 Å². The van der Waals surface area contributed by atoms with Gasteiger partial charge in [0.1, 0.15) is 11.7 Å². The fraction of sp³-hybridized carbons (Fsp3) is 0.500. The zero-order valence-electron chi connectivity index (χ0n) is 21.0. The largest absolute Gasteiger partial charge is 0.511 e. The highest BCUT2D eigenvalue weighted by Crippen LogP contribution is 2.39. The molecule has 0 fully saturated rings. The van der Waals surface area contributed by atoms with E-state index in [0.29, 0.717) is 28.8 Å². The second kappa shape index (κ2) is 10.6. The van der Waals surface area contributed by atoms with Crippen molar-refractivity contribution in [2.24, 2.45) is 12.0 Å². The molecule has 0 saturated heterocycles. The lowest BCUT2D eigenvalue weighted by Gasteiger charge is -2.22. The molecule has 0 aliphatic carbocycles. The van der Waals surface area contributed by atoms with Crippen LogP contribution in [0.1, 0.15) is 70.0 Å². The Bertz CT molecular complexity index is 1070. The average molecular weight is 488 g/mol. The highest BCUT2D eigenvalue weighted by Gasteiger charge is 2.31. The van der Waals surface area contributed by atoms with E-state index in [9.17, 15) is 4.79 Å². The summed E-state index contributed by atoms with van der Waals surface area (Å²) in [4.78, 5) is 16.5. The van der Waals surface area contributed by atoms with E-state index in [0.717, 1.165) is 24.0 Å². The number of halogens is 1. The van der Waals surface area contributed by atoms with Crippen molar-refractivity contribution in [3.63, 3.8) is 0 Å². The Morgan fingerprint density at radius 3 is 2.35 bits per heavy atom. The van der Waals surface area contributed by atoms with Crippen LogP contribution in [0.4, 0.5) is 4.79 Å². The van der Waals surface area contributed by atoms with Gasteiger partial charge in [0, 0.05) is 25.8 Å². The minimum absolute atomic E-state index is 0.0285. The van der Waals surface area contributed by atoms with Gasteiger partial charge in [0.25, 0.3) is 0 Å². The van der Waals surface area contributed by atoms with E-state index >= 15 is 0 Å². The van der Waals surface area contributed by atoms with Gasteiger partial charge in [-0.25, -0.2) is 4.79 Å². The van der Waals surface area contributed by atoms with Gasteiger partial charge in [0.05, 0.1) is 17.3 Å². The molecule has 0 radical (unpaired) electrons. The molecule has 184 valence electrons. The molecule has 1 aromatic carbocycles. The second-order valence-corrected chi connectivity index (χ2v) is 9.82. The number of benzene rings is 1. The molecule has 2 aromatic rings. The summed E-state index contributed by atoms with van der Waals surface area (Å²) in [5.41, 5.74) is 4.29. The summed E-state index contributed by atoms with van der Waals surface area (Å²) in [5.74, 6) is 0.466. The lowest BCUT2D eigenvalue weighted by Crippen LogP contribution is -2.21. The number of hydrogen-bond donors (Lipinski definition) is 0. The smallest absolute Gasteiger partial charge is 0.452 e. The number of carbonyl (C=O) groups excluding carboxylic acids is 1. The topological polar surface area (TPSA) is 74.9 Å². The Labute approximate surface area is 206 Å². The minimum Gasteiger partial charge on any atom is -0.452 e. The van der Waals surface area contributed by atoms with Crippen molar-refractivity contribution in [2.75, 3.05) is 6.61 Å². The Hall–Kier alpha value is -2.80. The summed E-state index contributed by atoms with van der Waals surface area (Å²) < 4.78 is 18.4. The molecule has 7 nitrogen and oxygen atoms in total. The maximum atomic E-state index is 12.1. The quantitative estimate of drug-likeness (QED) is 0.179. The molecule has 8 heteroatoms. The van der Waals surface area contributed by atoms with Gasteiger partial charge in [0.2, 0.25) is 6.29 Å². The number of hydrogen-bond acceptors (Lipinski definition) is 6. The fourth-order valence-electron chi connectivity index (χ4n) is 3.56. The van der Waals surface area contributed by atoms with Crippen LogP contribution in [0.3, 0.4) is 0 Å². The van der Waals surface area contributed by atoms with Crippen LogP contribution in [0, 0.1) is 6.92 Å². The van der Waals surface area contributed by atoms with Gasteiger partial charge in [-0.1, -0.05) is 70.0 Å². The molecule has 0 N–H and O–H groups in total. The Balaban J connectivity index is 2.01. The Morgan fingerprint density at radius 2 is 1.85 bits per heavy atom. The van der Waals surface area contributed by atoms with Crippen molar-refractivity contribution in [3.8, 4) is 0 Å². The summed E-state index contributed by atoms with van der Waals surface area (Å²) in [5, 5.41) is 4.92. The van der Waals surface area contributed by atoms with E-state index in [1.54, 1.807) is 18.7 Å². The van der Waals surface area contributed by atoms with E-state index in [4.69, 9.17) is 25.8 Å². The van der Waals surface area contributed by atoms with Crippen LogP contribution in [-0.2, 0) is 26.7 Å². The van der Waals surface area contributed by atoms with E-state index in [1.165, 1.54) is 5.56 Å². The summed E-state index contributed by atoms with van der Waals surface area (Å²) in [7, 11) is 1.80. The zero-order chi connectivity index (χ0) is 25.0. The number of ether oxygens (including phenoxy) is 3. The molecule has 2 atom stereocenters. The van der Waals surface area contributed by atoms with Gasteiger partial charge < -0.3 is 14.2 Å². The summed E-state index contributed by atoms with van der Waals surface area (Å²) in [6, 6.07) is 8.17. The van der Waals surface area contributed by atoms with Crippen LogP contribution in [0.2, 0.25) is 5.02 Å². The van der Waals surface area contributed by atoms with Crippen LogP contribution >= 0.6 is 11.6 Å². The van der Waals surface area contributed by atoms with Crippen molar-refractivity contribution in [1.82, 2.24) is 9.78 Å². The van der Waals surface area contributed by atoms with Crippen LogP contribution in [0.15, 0.2) is 29.3 Å². The highest BCUT2D eigenvalue weighted by atomic mass is 35.5. The van der Waals surface area contributed by atoms with E-state index in [1.807, 2.05) is 20.1 Å². The SMILES string of the molecule is CCCCOC(=O)OC(C)O/C(=C(\c1ccc(C(C)(C)C)cc1)C1C=N1)c1c(Cl)c(C)nn1C. The molecule has 0 spiro atoms. The molecule has 34 heavy (non-hydrogen) atoms. The number of carbonyl (C=O) groups is 1. The number of rotatable bonds is 9. The van der Waals surface area contributed by atoms with Crippen LogP contribution in [0.25, 0.3) is 11.3 Å². The van der Waals surface area contributed by atoms with Gasteiger partial charge in [-0.05, 0) is 29.9 Å². The Kier molecular flexibility index (Phi) is 8.08. The molecule has 0 bridgehead atoms. The van der Waals surface area contributed by atoms with E-state index in [-0.39, 0.29) is 11.5 Å². The number of nitrogens with zero attached hydrogens (tertiary/aromatic N) is 3. The van der Waals surface area contributed by atoms with Crippen molar-refractivity contribution >= 4 is 35.3 Å². The van der Waals surface area contributed by atoms with Gasteiger partial charge in [-0.2, -0.15) is 5.10 Å². The van der Waals surface area contributed by atoms with Gasteiger partial charge in [-0.3, -0.25) is 9.67 Å². The van der Waals surface area contributed by atoms with Gasteiger partial charge >= 0.3 is 6.16 Å². The fourth-order valence-corrected chi connectivity index (χ4v) is 3.81. The van der Waals surface area contributed by atoms with Crippen molar-refractivity contribution in [3.05, 3.63) is 51.8 Å². The molecule has 0 saturated carbocycles. The normalized spacial score (nSPS) is 16.6. The maximum Gasteiger partial charge on any atom is 0.511 e. The van der Waals surface area contributed by atoms with Crippen LogP contribution in [-0.4, -0.2) is 41.1 Å². The first-order chi connectivity index (χ1) is 16.0. The lowest BCUT2D eigenvalue weighted by molar-refractivity contribution is -0.0673. The molecule has 2 heterocycles. The summed E-state index contributed by atoms with van der Waals surface area (Å²) >= 11 is 6.65. The zero-order valence-corrected chi connectivity index (χ0v) is 21.8. The first-order valence-electron chi connectivity index (χ1n) is 11.6. The minimum atomic E-state index is -0.919. The summed E-state index contributed by atoms with van der Waals surface area (Å²) in [6.45, 7) is 12.3. The lowest BCUT2D eigenvalue weighted by atomic mass is 9.86. The van der Waals surface area contributed by atoms with Gasteiger partial charge in [-0.15, -0.1) is 0 Å². The van der Waals surface area contributed by atoms with E-state index < -0.39 is 12.4 Å². The predicted octanol–water partition coefficient (Wildman–Crippen LogP) is 6.32. The second-order valence-electron chi connectivity index (χ2n) is 9.44. The first-order valence-corrected chi connectivity index (χ1v) is 12.0. The van der Waals surface area contributed by atoms with Crippen LogP contribution < -0.4 is 0 Å². The Morgan fingerprint density at radius 1 is 1.21 bits per heavy atom. The average Bonchev–Trinajstić information content (AvgIpc) is 3.54. The molecule has 3 rings (SSSR count). The maximum absolute atomic E-state index is 12.1. The molecule has 1 aliphatic rings. The van der Waals surface area contributed by atoms with Crippen molar-refractivity contribution in [1.29, 1.82) is 0 Å². The monoisotopic (exact) mass is 487 g/mol. The third kappa shape index (κ3) is 6.20. The van der Waals surface area contributed by atoms with Crippen molar-refractivity contribution in [2.45, 2.75) is 72.1 Å². The van der Waals surface area contributed by atoms with Crippen molar-refractivity contribution < 1.29 is 19.0 Å². The number of unbranched alkanes of at least 4 members (excludes halogenated alkanes) is 1. The molecular formula is C26H34ClN3O4. The molecule has 1 aromatic heterocycles. The van der Waals surface area contributed by atoms with Gasteiger partial charge in [0.15, 0.2) is 5.76 Å². The van der Waals surface area contributed by atoms with Crippen LogP contribution in [0.5, 0.6) is 0 Å². The first kappa shape index (κ1) is 25.8. The molecular weight excluding hydrogens is 454 g/mol. The predicted molar refractivity (Wildman–Crippen MR) is 135 cm³/mol. The molecule has 2 unspecified atom stereocenters. The number of aliphatic imine (C=N–C) groups is 1. The third-order valence-electron chi connectivity index (χ3n) is 5.53. The highest BCUT2D eigenvalue weighted by molar-refractivity contribution is 6.33. The standard InChI is InChI=1S/C26H34ClN3O4/c1-8-9-14-32-25(31)34-17(3)33-24(23-22(27)16(2)29-30(23)7)21(20-15-28-20)18-10-12-19(13-11-18)26(4,5)6/h10-13,15,17,20H,8-9,14H2,1-7H3/b24-21+.